The molecule has 0 bridgehead atoms. The average Bonchev–Trinajstić information content (AvgIpc) is 2.09. The Kier molecular flexibility index (Phi) is 3.98. The molecule has 1 aliphatic heterocycles. The highest BCUT2D eigenvalue weighted by Gasteiger charge is 2.19. The normalized spacial score (nSPS) is 19.8. The van der Waals surface area contributed by atoms with E-state index in [1.54, 1.807) is 12.0 Å². The number of piperidine rings is 1. The van der Waals surface area contributed by atoms with Crippen LogP contribution < -0.4 is 5.73 Å². The highest BCUT2D eigenvalue weighted by atomic mass is 16.8. The van der Waals surface area contributed by atoms with Crippen molar-refractivity contribution < 1.29 is 14.4 Å². The van der Waals surface area contributed by atoms with Gasteiger partial charge in [0.15, 0.2) is 0 Å². The fourth-order valence-corrected chi connectivity index (χ4v) is 1.22. The first kappa shape index (κ1) is 10.3. The van der Waals surface area contributed by atoms with Gasteiger partial charge in [0.1, 0.15) is 0 Å². The van der Waals surface area contributed by atoms with Gasteiger partial charge in [-0.15, -0.1) is 5.06 Å². The molecule has 1 heterocycles. The summed E-state index contributed by atoms with van der Waals surface area (Å²) in [5, 5.41) is 1.60. The third-order valence-electron chi connectivity index (χ3n) is 1.96. The van der Waals surface area contributed by atoms with Crippen molar-refractivity contribution in [2.24, 2.45) is 5.73 Å². The Morgan fingerprint density at radius 1 is 1.54 bits per heavy atom. The van der Waals surface area contributed by atoms with Crippen molar-refractivity contribution >= 4 is 6.16 Å². The molecule has 1 saturated heterocycles. The molecule has 76 valence electrons. The summed E-state index contributed by atoms with van der Waals surface area (Å²) in [4.78, 5) is 15.8. The largest absolute Gasteiger partial charge is 0.527 e. The summed E-state index contributed by atoms with van der Waals surface area (Å²) in [6, 6.07) is 0.238. The molecule has 0 amide bonds. The van der Waals surface area contributed by atoms with Crippen LogP contribution in [-0.4, -0.2) is 37.0 Å². The number of nitrogens with zero attached hydrogens (tertiary/aromatic N) is 1. The van der Waals surface area contributed by atoms with Gasteiger partial charge in [0, 0.05) is 19.1 Å². The lowest BCUT2D eigenvalue weighted by Gasteiger charge is -2.27. The molecule has 1 aliphatic rings. The predicted octanol–water partition coefficient (Wildman–Crippen LogP) is 0.498. The van der Waals surface area contributed by atoms with Gasteiger partial charge in [0.05, 0.1) is 6.61 Å². The highest BCUT2D eigenvalue weighted by molar-refractivity contribution is 5.59. The van der Waals surface area contributed by atoms with E-state index in [0.717, 1.165) is 12.8 Å². The summed E-state index contributed by atoms with van der Waals surface area (Å²) in [7, 11) is 0. The van der Waals surface area contributed by atoms with Crippen molar-refractivity contribution in [3.8, 4) is 0 Å². The monoisotopic (exact) mass is 188 g/mol. The summed E-state index contributed by atoms with van der Waals surface area (Å²) in [5.74, 6) is 0. The van der Waals surface area contributed by atoms with E-state index in [0.29, 0.717) is 19.7 Å². The molecule has 0 spiro atoms. The quantitative estimate of drug-likeness (QED) is 0.639. The Labute approximate surface area is 77.7 Å². The van der Waals surface area contributed by atoms with Gasteiger partial charge in [-0.25, -0.2) is 4.79 Å². The maximum atomic E-state index is 10.9. The molecule has 1 fully saturated rings. The minimum atomic E-state index is -0.627. The van der Waals surface area contributed by atoms with Gasteiger partial charge in [0.2, 0.25) is 0 Å². The maximum Gasteiger partial charge on any atom is 0.527 e. The third-order valence-corrected chi connectivity index (χ3v) is 1.96. The summed E-state index contributed by atoms with van der Waals surface area (Å²) in [6.07, 6.45) is 1.09. The van der Waals surface area contributed by atoms with E-state index in [2.05, 4.69) is 4.74 Å². The Bertz CT molecular complexity index is 167. The molecule has 0 saturated carbocycles. The number of hydrogen-bond acceptors (Lipinski definition) is 5. The minimum absolute atomic E-state index is 0.238. The first-order valence-electron chi connectivity index (χ1n) is 4.57. The SMILES string of the molecule is CCOC(=O)ON1CCC(N)CC1. The molecular weight excluding hydrogens is 172 g/mol. The van der Waals surface area contributed by atoms with E-state index < -0.39 is 6.16 Å². The fraction of sp³-hybridized carbons (Fsp3) is 0.875. The van der Waals surface area contributed by atoms with Gasteiger partial charge in [-0.2, -0.15) is 0 Å². The van der Waals surface area contributed by atoms with Gasteiger partial charge in [-0.1, -0.05) is 0 Å². The molecule has 0 aliphatic carbocycles. The number of ether oxygens (including phenoxy) is 1. The lowest BCUT2D eigenvalue weighted by molar-refractivity contribution is -0.138. The van der Waals surface area contributed by atoms with Crippen molar-refractivity contribution in [1.29, 1.82) is 0 Å². The average molecular weight is 188 g/mol. The minimum Gasteiger partial charge on any atom is -0.433 e. The van der Waals surface area contributed by atoms with E-state index in [9.17, 15) is 4.79 Å². The van der Waals surface area contributed by atoms with Gasteiger partial charge < -0.3 is 15.3 Å². The number of hydrogen-bond donors (Lipinski definition) is 1. The van der Waals surface area contributed by atoms with E-state index in [-0.39, 0.29) is 6.04 Å². The van der Waals surface area contributed by atoms with Gasteiger partial charge >= 0.3 is 6.16 Å². The second-order valence-electron chi connectivity index (χ2n) is 3.04. The molecule has 0 aromatic carbocycles. The second-order valence-corrected chi connectivity index (χ2v) is 3.04. The van der Waals surface area contributed by atoms with Crippen molar-refractivity contribution in [3.05, 3.63) is 0 Å². The molecule has 1 rings (SSSR count). The predicted molar refractivity (Wildman–Crippen MR) is 46.9 cm³/mol. The van der Waals surface area contributed by atoms with Crippen LogP contribution in [0.4, 0.5) is 4.79 Å². The summed E-state index contributed by atoms with van der Waals surface area (Å²) in [6.45, 7) is 3.47. The first-order valence-corrected chi connectivity index (χ1v) is 4.57. The number of carbonyl (C=O) groups excluding carboxylic acids is 1. The van der Waals surface area contributed by atoms with Crippen LogP contribution in [0.5, 0.6) is 0 Å². The second kappa shape index (κ2) is 5.04. The number of rotatable bonds is 2. The third kappa shape index (κ3) is 3.61. The van der Waals surface area contributed by atoms with E-state index in [1.165, 1.54) is 0 Å². The van der Waals surface area contributed by atoms with Crippen molar-refractivity contribution in [2.45, 2.75) is 25.8 Å². The van der Waals surface area contributed by atoms with Gasteiger partial charge in [-0.3, -0.25) is 0 Å². The highest BCUT2D eigenvalue weighted by Crippen LogP contribution is 2.08. The van der Waals surface area contributed by atoms with Crippen LogP contribution >= 0.6 is 0 Å². The van der Waals surface area contributed by atoms with Crippen LogP contribution in [0.25, 0.3) is 0 Å². The molecule has 0 aromatic rings. The smallest absolute Gasteiger partial charge is 0.433 e. The molecule has 0 atom stereocenters. The number of carbonyl (C=O) groups is 1. The number of hydroxylamine groups is 2. The standard InChI is InChI=1S/C8H16N2O3/c1-2-12-8(11)13-10-5-3-7(9)4-6-10/h7H,2-6,9H2,1H3. The van der Waals surface area contributed by atoms with Crippen LogP contribution in [0, 0.1) is 0 Å². The van der Waals surface area contributed by atoms with Gasteiger partial charge in [0.25, 0.3) is 0 Å². The molecule has 0 aromatic heterocycles. The van der Waals surface area contributed by atoms with Crippen LogP contribution in [-0.2, 0) is 9.57 Å². The Balaban J connectivity index is 2.18. The molecule has 0 radical (unpaired) electrons. The van der Waals surface area contributed by atoms with Crippen LogP contribution in [0.15, 0.2) is 0 Å². The number of nitrogens with two attached hydrogens (primary N) is 1. The Morgan fingerprint density at radius 2 is 2.15 bits per heavy atom. The zero-order chi connectivity index (χ0) is 9.68. The lowest BCUT2D eigenvalue weighted by atomic mass is 10.1. The molecule has 2 N–H and O–H groups in total. The van der Waals surface area contributed by atoms with Crippen molar-refractivity contribution in [2.75, 3.05) is 19.7 Å². The van der Waals surface area contributed by atoms with E-state index in [4.69, 9.17) is 10.6 Å². The molecule has 13 heavy (non-hydrogen) atoms. The molecular formula is C8H16N2O3. The lowest BCUT2D eigenvalue weighted by Crippen LogP contribution is -2.40. The maximum absolute atomic E-state index is 10.9. The van der Waals surface area contributed by atoms with Crippen LogP contribution in [0.1, 0.15) is 19.8 Å². The summed E-state index contributed by atoms with van der Waals surface area (Å²) < 4.78 is 4.64. The Morgan fingerprint density at radius 3 is 2.69 bits per heavy atom. The van der Waals surface area contributed by atoms with E-state index >= 15 is 0 Å². The zero-order valence-electron chi connectivity index (χ0n) is 7.86. The van der Waals surface area contributed by atoms with Crippen LogP contribution in [0.3, 0.4) is 0 Å². The summed E-state index contributed by atoms with van der Waals surface area (Å²) >= 11 is 0. The van der Waals surface area contributed by atoms with E-state index in [1.807, 2.05) is 0 Å². The zero-order valence-corrected chi connectivity index (χ0v) is 7.86. The Hall–Kier alpha value is -0.810. The summed E-state index contributed by atoms with van der Waals surface area (Å²) in [5.41, 5.74) is 5.69. The topological polar surface area (TPSA) is 64.8 Å². The van der Waals surface area contributed by atoms with Gasteiger partial charge in [-0.05, 0) is 19.8 Å². The molecule has 5 heteroatoms. The van der Waals surface area contributed by atoms with Crippen molar-refractivity contribution in [3.63, 3.8) is 0 Å². The van der Waals surface area contributed by atoms with Crippen LogP contribution in [0.2, 0.25) is 0 Å². The molecule has 0 unspecified atom stereocenters. The first-order chi connectivity index (χ1) is 6.22. The fourth-order valence-electron chi connectivity index (χ4n) is 1.22. The van der Waals surface area contributed by atoms with Crippen molar-refractivity contribution in [1.82, 2.24) is 5.06 Å². The molecule has 5 nitrogen and oxygen atoms in total.